The molecule has 0 unspecified atom stereocenters. The molecule has 3 aliphatic heterocycles. The van der Waals surface area contributed by atoms with E-state index in [2.05, 4.69) is 21.2 Å². The molecule has 0 aromatic heterocycles. The summed E-state index contributed by atoms with van der Waals surface area (Å²) in [5.41, 5.74) is -5.07. The van der Waals surface area contributed by atoms with Crippen molar-refractivity contribution >= 4 is 57.6 Å². The normalized spacial score (nSPS) is 13.9. The third-order valence-electron chi connectivity index (χ3n) is 13.1. The van der Waals surface area contributed by atoms with Gasteiger partial charge in [-0.25, -0.2) is 9.59 Å². The van der Waals surface area contributed by atoms with Crippen LogP contribution in [0.4, 0.5) is 106 Å². The molecule has 3 aliphatic rings. The van der Waals surface area contributed by atoms with Crippen LogP contribution in [0.1, 0.15) is 108 Å². The van der Waals surface area contributed by atoms with E-state index in [0.717, 1.165) is 65.7 Å². The second-order valence-electron chi connectivity index (χ2n) is 22.2. The van der Waals surface area contributed by atoms with Gasteiger partial charge in [-0.15, -0.1) is 12.4 Å². The minimum atomic E-state index is -4.97. The van der Waals surface area contributed by atoms with Crippen molar-refractivity contribution in [1.82, 2.24) is 0 Å². The molecule has 498 valence electrons. The zero-order valence-corrected chi connectivity index (χ0v) is 51.0. The van der Waals surface area contributed by atoms with Gasteiger partial charge < -0.3 is 29.4 Å². The van der Waals surface area contributed by atoms with Crippen LogP contribution in [0.5, 0.6) is 17.2 Å². The number of fused-ring (bicyclic) bond motifs is 3. The molecular formula is C61H57BrClF18N3O7. The van der Waals surface area contributed by atoms with Crippen molar-refractivity contribution in [3.63, 3.8) is 0 Å². The zero-order valence-electron chi connectivity index (χ0n) is 48.6. The topological polar surface area (TPSA) is 110 Å². The van der Waals surface area contributed by atoms with Gasteiger partial charge in [0.25, 0.3) is 0 Å². The molecule has 9 rings (SSSR count). The molecule has 3 heterocycles. The number of aromatic hydroxyl groups is 1. The Bertz CT molecular complexity index is 3520. The van der Waals surface area contributed by atoms with Crippen molar-refractivity contribution in [3.8, 4) is 17.2 Å². The van der Waals surface area contributed by atoms with Crippen LogP contribution in [0.15, 0.2) is 109 Å². The van der Waals surface area contributed by atoms with Crippen LogP contribution in [0.2, 0.25) is 0 Å². The number of nitrogens with zero attached hydrogens (tertiary/aromatic N) is 2. The lowest BCUT2D eigenvalue weighted by atomic mass is 10.0. The average molecular weight is 1400 g/mol. The molecule has 0 fully saturated rings. The van der Waals surface area contributed by atoms with Crippen LogP contribution in [0, 0.1) is 0 Å². The number of nitrogens with one attached hydrogen (secondary N) is 1. The van der Waals surface area contributed by atoms with Crippen LogP contribution in [0.25, 0.3) is 0 Å². The predicted octanol–water partition coefficient (Wildman–Crippen LogP) is 19.6. The number of alkyl halides is 19. The quantitative estimate of drug-likeness (QED) is 0.120. The zero-order chi connectivity index (χ0) is 67.3. The van der Waals surface area contributed by atoms with Gasteiger partial charge in [0.05, 0.1) is 44.8 Å². The maximum absolute atomic E-state index is 13.3. The third-order valence-corrected chi connectivity index (χ3v) is 13.7. The molecule has 30 heteroatoms. The first-order chi connectivity index (χ1) is 41.3. The minimum absolute atomic E-state index is 0. The molecule has 0 aliphatic carbocycles. The van der Waals surface area contributed by atoms with Crippen LogP contribution < -0.4 is 24.6 Å². The van der Waals surface area contributed by atoms with Crippen molar-refractivity contribution in [2.24, 2.45) is 0 Å². The van der Waals surface area contributed by atoms with Gasteiger partial charge in [-0.1, -0.05) is 34.1 Å². The summed E-state index contributed by atoms with van der Waals surface area (Å²) in [6, 6.07) is 19.3. The lowest BCUT2D eigenvalue weighted by molar-refractivity contribution is -0.145. The molecule has 0 bridgehead atoms. The summed E-state index contributed by atoms with van der Waals surface area (Å²) in [6.45, 7) is 11.5. The van der Waals surface area contributed by atoms with E-state index in [1.807, 2.05) is 20.8 Å². The molecule has 0 saturated carbocycles. The number of halogens is 20. The van der Waals surface area contributed by atoms with Gasteiger partial charge in [0.2, 0.25) is 0 Å². The molecular weight excluding hydrogens is 1340 g/mol. The number of ether oxygens (including phenoxy) is 4. The highest BCUT2D eigenvalue weighted by atomic mass is 79.9. The number of hydrogen-bond donors (Lipinski definition) is 2. The van der Waals surface area contributed by atoms with E-state index in [1.54, 1.807) is 74.2 Å². The van der Waals surface area contributed by atoms with E-state index < -0.39 is 107 Å². The lowest BCUT2D eigenvalue weighted by Crippen LogP contribution is -2.35. The smallest absolute Gasteiger partial charge is 0.416 e. The Hall–Kier alpha value is -7.43. The van der Waals surface area contributed by atoms with Crippen molar-refractivity contribution in [2.45, 2.75) is 128 Å². The van der Waals surface area contributed by atoms with Crippen molar-refractivity contribution in [3.05, 3.63) is 176 Å². The van der Waals surface area contributed by atoms with Crippen molar-refractivity contribution in [1.29, 1.82) is 0 Å². The molecule has 6 aromatic rings. The number of rotatable bonds is 7. The fraction of sp³-hybridized carbons (Fsp3) is 0.377. The van der Waals surface area contributed by atoms with Gasteiger partial charge in [0.1, 0.15) is 41.7 Å². The Morgan fingerprint density at radius 2 is 0.824 bits per heavy atom. The summed E-state index contributed by atoms with van der Waals surface area (Å²) in [7, 11) is 0. The highest BCUT2D eigenvalue weighted by Crippen LogP contribution is 2.42. The summed E-state index contributed by atoms with van der Waals surface area (Å²) < 4.78 is 251. The first-order valence-electron chi connectivity index (χ1n) is 26.8. The number of carbonyl (C=O) groups excluding carboxylic acids is 2. The van der Waals surface area contributed by atoms with E-state index in [1.165, 1.54) is 11.0 Å². The molecule has 0 spiro atoms. The largest absolute Gasteiger partial charge is 0.508 e. The number of hydrogen-bond acceptors (Lipinski definition) is 8. The summed E-state index contributed by atoms with van der Waals surface area (Å²) in [5, 5.41) is 12.4. The summed E-state index contributed by atoms with van der Waals surface area (Å²) in [5.74, 6) is 0.841. The Balaban J connectivity index is 0.000000228. The van der Waals surface area contributed by atoms with E-state index in [9.17, 15) is 93.7 Å². The third kappa shape index (κ3) is 20.8. The fourth-order valence-electron chi connectivity index (χ4n) is 8.98. The van der Waals surface area contributed by atoms with Crippen LogP contribution in [-0.4, -0.2) is 48.1 Å². The van der Waals surface area contributed by atoms with E-state index in [0.29, 0.717) is 49.1 Å². The Kier molecular flexibility index (Phi) is 23.4. The number of phenols is 1. The van der Waals surface area contributed by atoms with E-state index >= 15 is 0 Å². The molecule has 10 nitrogen and oxygen atoms in total. The summed E-state index contributed by atoms with van der Waals surface area (Å²) in [4.78, 5) is 27.4. The number of amides is 2. The number of anilines is 3. The van der Waals surface area contributed by atoms with Gasteiger partial charge >= 0.3 is 49.2 Å². The Morgan fingerprint density at radius 1 is 0.462 bits per heavy atom. The van der Waals surface area contributed by atoms with Gasteiger partial charge in [-0.05, 0) is 174 Å². The fourth-order valence-corrected chi connectivity index (χ4v) is 9.47. The predicted molar refractivity (Wildman–Crippen MR) is 306 cm³/mol. The first-order valence-corrected chi connectivity index (χ1v) is 27.9. The first kappa shape index (κ1) is 74.3. The number of phenolic OH excluding ortho intramolecular Hbond substituents is 1. The van der Waals surface area contributed by atoms with Crippen LogP contribution in [0.3, 0.4) is 0 Å². The average Bonchev–Trinajstić information content (AvgIpc) is 1.17. The van der Waals surface area contributed by atoms with E-state index in [4.69, 9.17) is 18.9 Å². The second-order valence-corrected chi connectivity index (χ2v) is 22.7. The highest BCUT2D eigenvalue weighted by molar-refractivity contribution is 9.08. The van der Waals surface area contributed by atoms with Crippen molar-refractivity contribution < 1.29 is 113 Å². The lowest BCUT2D eigenvalue weighted by Gasteiger charge is -2.24. The monoisotopic (exact) mass is 1400 g/mol. The number of carbonyl (C=O) groups is 2. The number of benzene rings is 6. The van der Waals surface area contributed by atoms with Crippen LogP contribution >= 0.6 is 28.3 Å². The molecule has 0 saturated heterocycles. The Labute approximate surface area is 523 Å². The standard InChI is InChI=1S/C22H21F6NO3.C17H13F6NO.C13H17NO3.C9H5BrF6.ClH/c1-20(2,3)32-19(30)29-9-8-13-10-16(6-7-18(13)29)31-12-14-4-5-15(21(23,24)25)11-17(14)22(26,27)28;18-16(19,20)12-2-1-11(14(8-12)17(21,22)23)9-25-13-3-4-15-10(7-13)5-6-24-15;1-13(2,3)17-12(16)14-7-6-9-8-10(15)4-5-11(9)14;10-4-5-1-2-6(8(11,12)13)3-7(5)9(14,15)16;/h4-7,10-11H,8-9,12H2,1-3H3;1-4,7-8,24H,5-6,9H2;4-5,8,15H,6-7H2,1-3H3;1-3H,4H2;1H. The molecule has 91 heavy (non-hydrogen) atoms. The molecule has 0 radical (unpaired) electrons. The molecule has 2 amide bonds. The highest BCUT2D eigenvalue weighted by Gasteiger charge is 2.41. The summed E-state index contributed by atoms with van der Waals surface area (Å²) >= 11 is 2.79. The minimum Gasteiger partial charge on any atom is -0.508 e. The maximum atomic E-state index is 13.3. The van der Waals surface area contributed by atoms with Gasteiger partial charge in [0.15, 0.2) is 0 Å². The second kappa shape index (κ2) is 28.6. The maximum Gasteiger partial charge on any atom is 0.416 e. The Morgan fingerprint density at radius 3 is 1.21 bits per heavy atom. The van der Waals surface area contributed by atoms with Gasteiger partial charge in [-0.2, -0.15) is 79.0 Å². The molecule has 2 N–H and O–H groups in total. The summed E-state index contributed by atoms with van der Waals surface area (Å²) in [6.07, 6.45) is -28.0. The van der Waals surface area contributed by atoms with E-state index in [-0.39, 0.29) is 64.7 Å². The molecule has 6 aromatic carbocycles. The molecule has 0 atom stereocenters. The van der Waals surface area contributed by atoms with Crippen molar-refractivity contribution in [2.75, 3.05) is 34.8 Å². The van der Waals surface area contributed by atoms with Crippen LogP contribution in [-0.2, 0) is 84.3 Å². The van der Waals surface area contributed by atoms with Gasteiger partial charge in [0, 0.05) is 41.8 Å². The SMILES string of the molecule is CC(C)(C)OC(=O)N1CCc2cc(O)ccc21.CC(C)(C)OC(=O)N1CCc2cc(OCc3ccc(C(F)(F)F)cc3C(F)(F)F)ccc21.Cl.FC(F)(F)c1ccc(CBr)c(C(F)(F)F)c1.FC(F)(F)c1ccc(COc2ccc3c(c2)CCN3)c(C(F)(F)F)c1. The van der Waals surface area contributed by atoms with Gasteiger partial charge in [-0.3, -0.25) is 9.80 Å².